The van der Waals surface area contributed by atoms with Gasteiger partial charge in [0, 0.05) is 5.92 Å². The van der Waals surface area contributed by atoms with Crippen LogP contribution in [0.4, 0.5) is 0 Å². The molecular formula is C24H30O2. The average Bonchev–Trinajstić information content (AvgIpc) is 2.66. The lowest BCUT2D eigenvalue weighted by molar-refractivity contribution is -0.136. The van der Waals surface area contributed by atoms with Crippen LogP contribution in [0.3, 0.4) is 0 Å². The molecule has 3 saturated carbocycles. The third-order valence-electron chi connectivity index (χ3n) is 7.99. The fraction of sp³-hybridized carbons (Fsp3) is 0.625. The SMILES string of the molecule is O=C(O)CC1=CC2=CC=C3C(CCC4C3CCC3CCCCC34)C2=CC1. The van der Waals surface area contributed by atoms with Gasteiger partial charge in [0.15, 0.2) is 0 Å². The topological polar surface area (TPSA) is 37.3 Å². The highest BCUT2D eigenvalue weighted by molar-refractivity contribution is 5.71. The number of rotatable bonds is 2. The molecule has 0 spiro atoms. The molecule has 2 heteroatoms. The standard InChI is InChI=1S/C24H30O2/c25-24(26)14-15-5-8-19-17(13-15)7-10-23-21(19)12-11-20-18-4-2-1-3-16(18)6-9-22(20)23/h7-8,10,13,16,18,20-22H,1-6,9,11-12,14H2,(H,25,26). The summed E-state index contributed by atoms with van der Waals surface area (Å²) in [6.07, 6.45) is 21.7. The van der Waals surface area contributed by atoms with Gasteiger partial charge in [-0.2, -0.15) is 0 Å². The molecule has 0 saturated heterocycles. The number of hydrogen-bond acceptors (Lipinski definition) is 1. The van der Waals surface area contributed by atoms with E-state index in [1.807, 2.05) is 0 Å². The maximum atomic E-state index is 11.0. The zero-order valence-corrected chi connectivity index (χ0v) is 15.6. The first kappa shape index (κ1) is 16.6. The number of carboxylic acids is 1. The molecule has 0 aliphatic heterocycles. The third-order valence-corrected chi connectivity index (χ3v) is 7.99. The van der Waals surface area contributed by atoms with Crippen molar-refractivity contribution in [3.63, 3.8) is 0 Å². The Kier molecular flexibility index (Phi) is 4.18. The van der Waals surface area contributed by atoms with Crippen molar-refractivity contribution >= 4 is 5.97 Å². The average molecular weight is 351 g/mol. The Morgan fingerprint density at radius 3 is 2.77 bits per heavy atom. The molecular weight excluding hydrogens is 320 g/mol. The van der Waals surface area contributed by atoms with Gasteiger partial charge in [0.2, 0.25) is 0 Å². The fourth-order valence-corrected chi connectivity index (χ4v) is 6.96. The molecule has 0 aromatic carbocycles. The second kappa shape index (κ2) is 6.55. The minimum atomic E-state index is -0.717. The maximum Gasteiger partial charge on any atom is 0.307 e. The van der Waals surface area contributed by atoms with Gasteiger partial charge in [-0.1, -0.05) is 54.7 Å². The van der Waals surface area contributed by atoms with Gasteiger partial charge in [-0.15, -0.1) is 0 Å². The summed E-state index contributed by atoms with van der Waals surface area (Å²) in [4.78, 5) is 11.0. The van der Waals surface area contributed by atoms with Crippen LogP contribution in [0.1, 0.15) is 64.2 Å². The fourth-order valence-electron chi connectivity index (χ4n) is 6.96. The Morgan fingerprint density at radius 1 is 1.00 bits per heavy atom. The zero-order valence-electron chi connectivity index (χ0n) is 15.6. The minimum Gasteiger partial charge on any atom is -0.481 e. The predicted octanol–water partition coefficient (Wildman–Crippen LogP) is 5.83. The second-order valence-electron chi connectivity index (χ2n) is 9.21. The molecule has 0 bridgehead atoms. The smallest absolute Gasteiger partial charge is 0.307 e. The molecule has 5 aliphatic carbocycles. The largest absolute Gasteiger partial charge is 0.481 e. The molecule has 5 unspecified atom stereocenters. The summed E-state index contributed by atoms with van der Waals surface area (Å²) in [7, 11) is 0. The Bertz CT molecular complexity index is 735. The molecule has 5 rings (SSSR count). The van der Waals surface area contributed by atoms with Crippen molar-refractivity contribution in [1.82, 2.24) is 0 Å². The molecule has 0 radical (unpaired) electrons. The van der Waals surface area contributed by atoms with Gasteiger partial charge in [-0.25, -0.2) is 0 Å². The van der Waals surface area contributed by atoms with E-state index in [0.717, 1.165) is 35.7 Å². The second-order valence-corrected chi connectivity index (χ2v) is 9.21. The summed E-state index contributed by atoms with van der Waals surface area (Å²) in [6.45, 7) is 0. The lowest BCUT2D eigenvalue weighted by Gasteiger charge is -2.51. The molecule has 138 valence electrons. The van der Waals surface area contributed by atoms with Crippen LogP contribution in [0, 0.1) is 29.6 Å². The number of carboxylic acid groups (broad SMARTS) is 1. The molecule has 0 aromatic rings. The highest BCUT2D eigenvalue weighted by Crippen LogP contribution is 2.57. The van der Waals surface area contributed by atoms with E-state index in [0.29, 0.717) is 5.92 Å². The van der Waals surface area contributed by atoms with Crippen LogP contribution in [0.5, 0.6) is 0 Å². The van der Waals surface area contributed by atoms with Gasteiger partial charge in [0.1, 0.15) is 0 Å². The molecule has 3 fully saturated rings. The number of allylic oxidation sites excluding steroid dienone is 7. The molecule has 5 aliphatic rings. The molecule has 0 heterocycles. The van der Waals surface area contributed by atoms with E-state index in [9.17, 15) is 4.79 Å². The van der Waals surface area contributed by atoms with Crippen LogP contribution in [0.15, 0.2) is 46.6 Å². The van der Waals surface area contributed by atoms with E-state index < -0.39 is 5.97 Å². The van der Waals surface area contributed by atoms with E-state index >= 15 is 0 Å². The lowest BCUT2D eigenvalue weighted by Crippen LogP contribution is -2.42. The molecule has 2 nitrogen and oxygen atoms in total. The Labute approximate surface area is 156 Å². The molecule has 0 aromatic heterocycles. The first-order valence-electron chi connectivity index (χ1n) is 10.7. The molecule has 5 atom stereocenters. The van der Waals surface area contributed by atoms with E-state index in [2.05, 4.69) is 24.3 Å². The number of carbonyl (C=O) groups is 1. The van der Waals surface area contributed by atoms with Crippen molar-refractivity contribution in [3.05, 3.63) is 46.6 Å². The summed E-state index contributed by atoms with van der Waals surface area (Å²) in [5.74, 6) is 3.67. The van der Waals surface area contributed by atoms with Gasteiger partial charge >= 0.3 is 5.97 Å². The van der Waals surface area contributed by atoms with E-state index in [4.69, 9.17) is 5.11 Å². The number of hydrogen-bond donors (Lipinski definition) is 1. The van der Waals surface area contributed by atoms with Crippen molar-refractivity contribution in [2.45, 2.75) is 64.2 Å². The highest BCUT2D eigenvalue weighted by atomic mass is 16.4. The van der Waals surface area contributed by atoms with Crippen molar-refractivity contribution in [2.24, 2.45) is 29.6 Å². The van der Waals surface area contributed by atoms with Gasteiger partial charge in [0.05, 0.1) is 6.42 Å². The zero-order chi connectivity index (χ0) is 17.7. The quantitative estimate of drug-likeness (QED) is 0.680. The van der Waals surface area contributed by atoms with Gasteiger partial charge in [-0.3, -0.25) is 4.79 Å². The minimum absolute atomic E-state index is 0.177. The Morgan fingerprint density at radius 2 is 1.88 bits per heavy atom. The molecule has 0 amide bonds. The predicted molar refractivity (Wildman–Crippen MR) is 104 cm³/mol. The first-order chi connectivity index (χ1) is 12.7. The summed E-state index contributed by atoms with van der Waals surface area (Å²) in [5.41, 5.74) is 5.54. The van der Waals surface area contributed by atoms with Crippen LogP contribution in [0.25, 0.3) is 0 Å². The summed E-state index contributed by atoms with van der Waals surface area (Å²) in [6, 6.07) is 0. The number of fused-ring (bicyclic) bond motifs is 7. The Hall–Kier alpha value is -1.57. The van der Waals surface area contributed by atoms with Crippen LogP contribution < -0.4 is 0 Å². The summed E-state index contributed by atoms with van der Waals surface area (Å²) in [5, 5.41) is 9.08. The molecule has 1 N–H and O–H groups in total. The summed E-state index contributed by atoms with van der Waals surface area (Å²) >= 11 is 0. The van der Waals surface area contributed by atoms with E-state index in [1.54, 1.807) is 5.57 Å². The third kappa shape index (κ3) is 2.73. The highest BCUT2D eigenvalue weighted by Gasteiger charge is 2.46. The molecule has 26 heavy (non-hydrogen) atoms. The lowest BCUT2D eigenvalue weighted by atomic mass is 9.53. The van der Waals surface area contributed by atoms with Crippen LogP contribution in [0.2, 0.25) is 0 Å². The van der Waals surface area contributed by atoms with E-state index in [1.165, 1.54) is 62.5 Å². The monoisotopic (exact) mass is 350 g/mol. The first-order valence-corrected chi connectivity index (χ1v) is 10.7. The normalized spacial score (nSPS) is 38.4. The van der Waals surface area contributed by atoms with Crippen molar-refractivity contribution < 1.29 is 9.90 Å². The number of aliphatic carboxylic acids is 1. The maximum absolute atomic E-state index is 11.0. The van der Waals surface area contributed by atoms with Crippen molar-refractivity contribution in [3.8, 4) is 0 Å². The van der Waals surface area contributed by atoms with Crippen LogP contribution in [-0.2, 0) is 4.79 Å². The van der Waals surface area contributed by atoms with Gasteiger partial charge in [0.25, 0.3) is 0 Å². The van der Waals surface area contributed by atoms with Crippen molar-refractivity contribution in [1.29, 1.82) is 0 Å². The Balaban J connectivity index is 1.42. The van der Waals surface area contributed by atoms with Crippen LogP contribution in [-0.4, -0.2) is 11.1 Å². The van der Waals surface area contributed by atoms with Gasteiger partial charge < -0.3 is 5.11 Å². The summed E-state index contributed by atoms with van der Waals surface area (Å²) < 4.78 is 0. The van der Waals surface area contributed by atoms with Crippen LogP contribution >= 0.6 is 0 Å². The van der Waals surface area contributed by atoms with Crippen molar-refractivity contribution in [2.75, 3.05) is 0 Å². The van der Waals surface area contributed by atoms with E-state index in [-0.39, 0.29) is 6.42 Å². The van der Waals surface area contributed by atoms with Gasteiger partial charge in [-0.05, 0) is 73.3 Å².